The molecule has 2 saturated heterocycles. The number of carbonyl (C=O) groups excluding carboxylic acids is 2. The van der Waals surface area contributed by atoms with E-state index in [-0.39, 0.29) is 35.2 Å². The third kappa shape index (κ3) is 5.49. The lowest BCUT2D eigenvalue weighted by molar-refractivity contribution is -0.121. The molecule has 2 aromatic rings. The minimum absolute atomic E-state index is 0.0505. The van der Waals surface area contributed by atoms with Gasteiger partial charge in [-0.2, -0.15) is 0 Å². The van der Waals surface area contributed by atoms with Crippen molar-refractivity contribution in [1.29, 1.82) is 0 Å². The number of nitrogens with two attached hydrogens (primary N) is 1. The number of fused-ring (bicyclic) bond motifs is 1. The third-order valence-corrected chi connectivity index (χ3v) is 7.80. The number of ether oxygens (including phenoxy) is 2. The molecule has 0 unspecified atom stereocenters. The molecule has 3 aliphatic heterocycles. The van der Waals surface area contributed by atoms with E-state index >= 15 is 0 Å². The van der Waals surface area contributed by atoms with E-state index < -0.39 is 18.1 Å². The second-order valence-corrected chi connectivity index (χ2v) is 10.7. The molecule has 3 aliphatic rings. The molecule has 2 atom stereocenters. The third-order valence-electron chi connectivity index (χ3n) is 7.57. The van der Waals surface area contributed by atoms with Crippen LogP contribution < -0.4 is 15.2 Å². The number of hydrogen-bond donors (Lipinski definition) is 3. The Kier molecular flexibility index (Phi) is 7.20. The summed E-state index contributed by atoms with van der Waals surface area (Å²) < 4.78 is 12.1. The number of phenols is 1. The van der Waals surface area contributed by atoms with Crippen molar-refractivity contribution in [2.24, 2.45) is 5.73 Å². The van der Waals surface area contributed by atoms with Gasteiger partial charge in [0.05, 0.1) is 5.56 Å². The number of phenolic OH excluding ortho intramolecular Hbond substituents is 1. The zero-order valence-electron chi connectivity index (χ0n) is 20.6. The Bertz CT molecular complexity index is 1180. The van der Waals surface area contributed by atoms with Crippen LogP contribution in [0.1, 0.15) is 41.6 Å². The Morgan fingerprint density at radius 2 is 1.97 bits per heavy atom. The molecule has 0 radical (unpaired) electrons. The van der Waals surface area contributed by atoms with Crippen LogP contribution in [0.2, 0.25) is 5.02 Å². The zero-order chi connectivity index (χ0) is 26.2. The van der Waals surface area contributed by atoms with Crippen molar-refractivity contribution in [3.05, 3.63) is 52.5 Å². The number of hydrogen-bond acceptors (Lipinski definition) is 7. The van der Waals surface area contributed by atoms with Gasteiger partial charge in [0.15, 0.2) is 0 Å². The standard InChI is InChI=1S/C27H32ClN3O6/c28-18-3-6-23-17(12-18)14-27(37-23)7-10-30(11-8-27)15-20(33)16-36-24-13-19(32)4-5-21(24)26(35)31-9-1-2-22(31)25(29)34/h3-6,12-13,20,22,32-33H,1-2,7-11,14-16H2,(H2,29,34)/t20-,22+/m0/s1. The van der Waals surface area contributed by atoms with Gasteiger partial charge in [-0.05, 0) is 48.7 Å². The number of likely N-dealkylation sites (tertiary alicyclic amines) is 2. The molecule has 0 aliphatic carbocycles. The average molecular weight is 530 g/mol. The van der Waals surface area contributed by atoms with E-state index in [9.17, 15) is 19.8 Å². The average Bonchev–Trinajstić information content (AvgIpc) is 3.49. The summed E-state index contributed by atoms with van der Waals surface area (Å²) in [6, 6.07) is 9.30. The molecule has 1 spiro atoms. The van der Waals surface area contributed by atoms with E-state index in [0.717, 1.165) is 43.7 Å². The van der Waals surface area contributed by atoms with E-state index in [4.69, 9.17) is 26.8 Å². The second-order valence-electron chi connectivity index (χ2n) is 10.2. The maximum Gasteiger partial charge on any atom is 0.258 e. The number of carbonyl (C=O) groups is 2. The van der Waals surface area contributed by atoms with Crippen LogP contribution >= 0.6 is 11.6 Å². The molecular formula is C27H32ClN3O6. The first kappa shape index (κ1) is 25.6. The van der Waals surface area contributed by atoms with Gasteiger partial charge in [-0.1, -0.05) is 11.6 Å². The van der Waals surface area contributed by atoms with E-state index in [1.807, 2.05) is 18.2 Å². The van der Waals surface area contributed by atoms with Gasteiger partial charge in [-0.15, -0.1) is 0 Å². The van der Waals surface area contributed by atoms with Gasteiger partial charge < -0.3 is 35.2 Å². The van der Waals surface area contributed by atoms with Gasteiger partial charge in [0.1, 0.15) is 41.6 Å². The smallest absolute Gasteiger partial charge is 0.258 e. The minimum atomic E-state index is -0.801. The molecule has 37 heavy (non-hydrogen) atoms. The lowest BCUT2D eigenvalue weighted by atomic mass is 9.87. The fraction of sp³-hybridized carbons (Fsp3) is 0.481. The molecule has 3 heterocycles. The van der Waals surface area contributed by atoms with Crippen LogP contribution in [0.25, 0.3) is 0 Å². The number of nitrogens with zero attached hydrogens (tertiary/aromatic N) is 2. The first-order chi connectivity index (χ1) is 17.7. The highest BCUT2D eigenvalue weighted by molar-refractivity contribution is 6.30. The van der Waals surface area contributed by atoms with Crippen LogP contribution in [0.5, 0.6) is 17.2 Å². The number of amides is 2. The number of aliphatic hydroxyl groups excluding tert-OH is 1. The number of aliphatic hydroxyl groups is 1. The fourth-order valence-electron chi connectivity index (χ4n) is 5.63. The number of aromatic hydroxyl groups is 1. The Labute approximate surface area is 220 Å². The van der Waals surface area contributed by atoms with Crippen molar-refractivity contribution in [1.82, 2.24) is 9.80 Å². The Hall–Kier alpha value is -3.01. The van der Waals surface area contributed by atoms with Gasteiger partial charge in [0.25, 0.3) is 5.91 Å². The summed E-state index contributed by atoms with van der Waals surface area (Å²) in [6.07, 6.45) is 2.93. The molecule has 198 valence electrons. The summed E-state index contributed by atoms with van der Waals surface area (Å²) in [7, 11) is 0. The Balaban J connectivity index is 1.15. The summed E-state index contributed by atoms with van der Waals surface area (Å²) in [6.45, 7) is 2.34. The van der Waals surface area contributed by atoms with Crippen LogP contribution in [-0.2, 0) is 11.2 Å². The normalized spacial score (nSPS) is 21.5. The molecule has 5 rings (SSSR count). The van der Waals surface area contributed by atoms with E-state index in [2.05, 4.69) is 4.90 Å². The van der Waals surface area contributed by atoms with E-state index in [1.165, 1.54) is 23.1 Å². The van der Waals surface area contributed by atoms with Crippen molar-refractivity contribution in [2.75, 3.05) is 32.8 Å². The van der Waals surface area contributed by atoms with E-state index in [1.54, 1.807) is 0 Å². The van der Waals surface area contributed by atoms with Crippen LogP contribution in [-0.4, -0.2) is 82.4 Å². The van der Waals surface area contributed by atoms with E-state index in [0.29, 0.717) is 31.0 Å². The molecular weight excluding hydrogens is 498 g/mol. The van der Waals surface area contributed by atoms with Crippen LogP contribution in [0.3, 0.4) is 0 Å². The number of halogens is 1. The lowest BCUT2D eigenvalue weighted by Gasteiger charge is -2.39. The highest BCUT2D eigenvalue weighted by Crippen LogP contribution is 2.42. The van der Waals surface area contributed by atoms with Gasteiger partial charge in [-0.25, -0.2) is 0 Å². The number of β-amino-alcohol motifs (C(OH)–C–C–N with tert-alkyl or cyclic N) is 1. The number of benzene rings is 2. The SMILES string of the molecule is NC(=O)[C@H]1CCCN1C(=O)c1ccc(O)cc1OC[C@@H](O)CN1CCC2(CC1)Cc1cc(Cl)ccc1O2. The van der Waals surface area contributed by atoms with Crippen molar-refractivity contribution >= 4 is 23.4 Å². The monoisotopic (exact) mass is 529 g/mol. The maximum absolute atomic E-state index is 13.1. The summed E-state index contributed by atoms with van der Waals surface area (Å²) in [5.74, 6) is 0.0768. The number of primary amides is 1. The van der Waals surface area contributed by atoms with Gasteiger partial charge in [0.2, 0.25) is 5.91 Å². The van der Waals surface area contributed by atoms with Gasteiger partial charge in [-0.3, -0.25) is 9.59 Å². The summed E-state index contributed by atoms with van der Waals surface area (Å²) in [5.41, 5.74) is 6.60. The molecule has 0 bridgehead atoms. The molecule has 0 aromatic heterocycles. The predicted molar refractivity (Wildman–Crippen MR) is 137 cm³/mol. The first-order valence-electron chi connectivity index (χ1n) is 12.7. The Morgan fingerprint density at radius 3 is 2.73 bits per heavy atom. The van der Waals surface area contributed by atoms with Crippen molar-refractivity contribution in [3.8, 4) is 17.2 Å². The highest BCUT2D eigenvalue weighted by Gasteiger charge is 2.42. The van der Waals surface area contributed by atoms with Crippen LogP contribution in [0.4, 0.5) is 0 Å². The summed E-state index contributed by atoms with van der Waals surface area (Å²) in [5, 5.41) is 21.4. The highest BCUT2D eigenvalue weighted by atomic mass is 35.5. The zero-order valence-corrected chi connectivity index (χ0v) is 21.3. The van der Waals surface area contributed by atoms with Gasteiger partial charge >= 0.3 is 0 Å². The summed E-state index contributed by atoms with van der Waals surface area (Å²) in [4.78, 5) is 28.5. The molecule has 4 N–H and O–H groups in total. The fourth-order valence-corrected chi connectivity index (χ4v) is 5.82. The quantitative estimate of drug-likeness (QED) is 0.502. The molecule has 0 saturated carbocycles. The van der Waals surface area contributed by atoms with Crippen LogP contribution in [0.15, 0.2) is 36.4 Å². The molecule has 2 fully saturated rings. The molecule has 2 aromatic carbocycles. The van der Waals surface area contributed by atoms with Crippen LogP contribution in [0, 0.1) is 0 Å². The minimum Gasteiger partial charge on any atom is -0.508 e. The Morgan fingerprint density at radius 1 is 1.19 bits per heavy atom. The van der Waals surface area contributed by atoms with Gasteiger partial charge in [0, 0.05) is 56.5 Å². The van der Waals surface area contributed by atoms with Crippen molar-refractivity contribution in [2.45, 2.75) is 49.9 Å². The second kappa shape index (κ2) is 10.4. The number of piperidine rings is 1. The number of rotatable bonds is 7. The molecule has 2 amide bonds. The summed E-state index contributed by atoms with van der Waals surface area (Å²) >= 11 is 6.14. The predicted octanol–water partition coefficient (Wildman–Crippen LogP) is 2.34. The topological polar surface area (TPSA) is 126 Å². The van der Waals surface area contributed by atoms with Crippen molar-refractivity contribution in [3.63, 3.8) is 0 Å². The first-order valence-corrected chi connectivity index (χ1v) is 13.0. The lowest BCUT2D eigenvalue weighted by Crippen LogP contribution is -2.49. The molecule has 10 heteroatoms. The molecule has 9 nitrogen and oxygen atoms in total. The maximum atomic E-state index is 13.1. The van der Waals surface area contributed by atoms with Crippen molar-refractivity contribution < 1.29 is 29.3 Å². The largest absolute Gasteiger partial charge is 0.508 e.